The van der Waals surface area contributed by atoms with Crippen LogP contribution in [0.4, 0.5) is 0 Å². The molecule has 8 rings (SSSR count). The minimum atomic E-state index is -2.04. The van der Waals surface area contributed by atoms with Gasteiger partial charge in [0, 0.05) is 42.7 Å². The van der Waals surface area contributed by atoms with Crippen molar-refractivity contribution in [2.45, 2.75) is 62.4 Å². The summed E-state index contributed by atoms with van der Waals surface area (Å²) >= 11 is 0. The fraction of sp³-hybridized carbons (Fsp3) is 0.424. The van der Waals surface area contributed by atoms with Crippen molar-refractivity contribution < 1.29 is 24.2 Å². The van der Waals surface area contributed by atoms with E-state index < -0.39 is 35.5 Å². The van der Waals surface area contributed by atoms with Crippen molar-refractivity contribution >= 4 is 63.8 Å². The van der Waals surface area contributed by atoms with Crippen molar-refractivity contribution in [2.75, 3.05) is 20.1 Å². The number of benzene rings is 2. The van der Waals surface area contributed by atoms with Crippen LogP contribution in [-0.4, -0.2) is 122 Å². The van der Waals surface area contributed by atoms with Crippen molar-refractivity contribution in [3.8, 4) is 0 Å². The Balaban J connectivity index is 0.00000312. The van der Waals surface area contributed by atoms with E-state index in [-0.39, 0.29) is 53.8 Å². The number of piperazine rings is 1. The molecule has 6 atom stereocenters. The van der Waals surface area contributed by atoms with Gasteiger partial charge in [-0.15, -0.1) is 0 Å². The van der Waals surface area contributed by atoms with Gasteiger partial charge in [0.1, 0.15) is 12.1 Å². The number of amides is 3. The molecule has 3 saturated heterocycles. The number of likely N-dealkylation sites (N-methyl/N-ethyl adjacent to an activating group) is 1. The van der Waals surface area contributed by atoms with E-state index >= 15 is 0 Å². The number of carbonyl (C=O) groups is 3. The molecule has 3 aromatic rings. The van der Waals surface area contributed by atoms with E-state index in [1.807, 2.05) is 49.5 Å². The zero-order chi connectivity index (χ0) is 29.7. The number of nitrogens with zero attached hydrogens (tertiary/aromatic N) is 3. The third-order valence-electron chi connectivity index (χ3n) is 10.1. The van der Waals surface area contributed by atoms with Crippen LogP contribution in [0.25, 0.3) is 16.5 Å². The summed E-state index contributed by atoms with van der Waals surface area (Å²) in [6.07, 6.45) is 6.38. The second-order valence-electron chi connectivity index (χ2n) is 12.8. The molecule has 224 valence electrons. The molecule has 0 saturated carbocycles. The zero-order valence-electron chi connectivity index (χ0n) is 24.2. The first-order valence-corrected chi connectivity index (χ1v) is 15.1. The Morgan fingerprint density at radius 3 is 2.75 bits per heavy atom. The molecule has 0 radical (unpaired) electrons. The van der Waals surface area contributed by atoms with Crippen LogP contribution >= 0.6 is 0 Å². The van der Waals surface area contributed by atoms with Gasteiger partial charge >= 0.3 is 29.6 Å². The molecule has 3 amide bonds. The first-order chi connectivity index (χ1) is 20.7. The van der Waals surface area contributed by atoms with Crippen LogP contribution in [0.5, 0.6) is 0 Å². The Morgan fingerprint density at radius 2 is 1.95 bits per heavy atom. The molecule has 44 heavy (non-hydrogen) atoms. The number of nitrogens with one attached hydrogen (secondary N) is 2. The number of hydrogen-bond acceptors (Lipinski definition) is 6. The van der Waals surface area contributed by atoms with Crippen LogP contribution in [0.1, 0.15) is 36.5 Å². The molecule has 0 spiro atoms. The molecule has 1 aromatic heterocycles. The van der Waals surface area contributed by atoms with E-state index in [0.29, 0.717) is 25.9 Å². The standard InChI is InChI=1S/C33H35N5O5.Na.H/c1-32(35-29(39)21-15-23-22-10-6-11-24-28(22)20(17-34-24)16-25(23)36(2)18-21)31(41)38-26(14-19-8-4-3-5-9-19)30(40)37-13-7-12-27(37)33(38,42)43-32;;/h3-6,8-11,15,17,21,25-27,34,42H,7,12-14,16,18H2,1-2H3,(H,35,39);;/t21-,25-,26+,27+,32-,33+;;/m1../s1. The molecule has 1 aliphatic carbocycles. The van der Waals surface area contributed by atoms with Crippen LogP contribution in [0.15, 0.2) is 60.8 Å². The van der Waals surface area contributed by atoms with Crippen molar-refractivity contribution in [2.24, 2.45) is 5.92 Å². The Kier molecular flexibility index (Phi) is 7.11. The fourth-order valence-electron chi connectivity index (χ4n) is 8.12. The van der Waals surface area contributed by atoms with Crippen LogP contribution in [-0.2, 0) is 32.0 Å². The van der Waals surface area contributed by atoms with Gasteiger partial charge in [-0.1, -0.05) is 48.5 Å². The summed E-state index contributed by atoms with van der Waals surface area (Å²) in [4.78, 5) is 50.2. The topological polar surface area (TPSA) is 118 Å². The molecular formula is C33H36N5NaO5. The molecule has 0 bridgehead atoms. The number of fused-ring (bicyclic) bond motifs is 5. The van der Waals surface area contributed by atoms with Crippen LogP contribution in [0.3, 0.4) is 0 Å². The molecule has 5 aliphatic rings. The van der Waals surface area contributed by atoms with Gasteiger partial charge in [-0.05, 0) is 61.6 Å². The fourth-order valence-corrected chi connectivity index (χ4v) is 8.12. The summed E-state index contributed by atoms with van der Waals surface area (Å²) in [5.41, 5.74) is 3.58. The third-order valence-corrected chi connectivity index (χ3v) is 10.1. The van der Waals surface area contributed by atoms with Gasteiger partial charge in [0.2, 0.25) is 17.5 Å². The second kappa shape index (κ2) is 10.5. The van der Waals surface area contributed by atoms with Crippen LogP contribution in [0.2, 0.25) is 0 Å². The molecule has 11 heteroatoms. The summed E-state index contributed by atoms with van der Waals surface area (Å²) in [5.74, 6) is -3.77. The number of aromatic nitrogens is 1. The summed E-state index contributed by atoms with van der Waals surface area (Å²) in [6, 6.07) is 14.1. The molecule has 10 nitrogen and oxygen atoms in total. The van der Waals surface area contributed by atoms with E-state index in [9.17, 15) is 19.5 Å². The number of ether oxygens (including phenoxy) is 1. The van der Waals surface area contributed by atoms with Crippen molar-refractivity contribution in [3.05, 3.63) is 77.5 Å². The van der Waals surface area contributed by atoms with Gasteiger partial charge in [0.15, 0.2) is 0 Å². The van der Waals surface area contributed by atoms with Crippen molar-refractivity contribution in [3.63, 3.8) is 0 Å². The molecule has 4 aliphatic heterocycles. The molecule has 5 heterocycles. The van der Waals surface area contributed by atoms with Gasteiger partial charge < -0.3 is 20.3 Å². The van der Waals surface area contributed by atoms with E-state index in [0.717, 1.165) is 28.6 Å². The average molecular weight is 606 g/mol. The SMILES string of the molecule is CN1C[C@H](C(=O)N[C@]2(C)O[C@@]3(O)[C@@H]4CCCN4C(=O)[C@H](Cc4ccccc4)N3C2=O)C=C2c3cccc4[nH]cc(c34)C[C@H]21.[NaH]. The average Bonchev–Trinajstić information content (AvgIpc) is 3.70. The normalized spacial score (nSPS) is 32.6. The summed E-state index contributed by atoms with van der Waals surface area (Å²) in [5, 5.41) is 16.1. The first-order valence-electron chi connectivity index (χ1n) is 15.1. The number of hydrogen-bond donors (Lipinski definition) is 3. The number of carbonyl (C=O) groups excluding carboxylic acids is 3. The monoisotopic (exact) mass is 605 g/mol. The molecule has 3 fully saturated rings. The molecule has 3 N–H and O–H groups in total. The van der Waals surface area contributed by atoms with Gasteiger partial charge in [-0.2, -0.15) is 0 Å². The van der Waals surface area contributed by atoms with Crippen molar-refractivity contribution in [1.29, 1.82) is 0 Å². The Labute approximate surface area is 277 Å². The third kappa shape index (κ3) is 4.26. The van der Waals surface area contributed by atoms with Gasteiger partial charge in [-0.3, -0.25) is 28.9 Å². The quantitative estimate of drug-likeness (QED) is 0.387. The number of H-pyrrole nitrogens is 1. The van der Waals surface area contributed by atoms with Gasteiger partial charge in [-0.25, -0.2) is 0 Å². The number of aliphatic hydroxyl groups is 1. The summed E-state index contributed by atoms with van der Waals surface area (Å²) < 4.78 is 6.23. The minimum absolute atomic E-state index is 0. The van der Waals surface area contributed by atoms with Crippen LogP contribution < -0.4 is 5.32 Å². The molecular weight excluding hydrogens is 569 g/mol. The number of aromatic amines is 1. The first kappa shape index (κ1) is 29.7. The predicted molar refractivity (Wildman–Crippen MR) is 165 cm³/mol. The Hall–Kier alpha value is -2.99. The Bertz CT molecular complexity index is 1710. The molecule has 2 aromatic carbocycles. The maximum absolute atomic E-state index is 14.2. The summed E-state index contributed by atoms with van der Waals surface area (Å²) in [7, 11) is 2.02. The van der Waals surface area contributed by atoms with Crippen molar-refractivity contribution in [1.82, 2.24) is 25.0 Å². The molecule has 0 unspecified atom stereocenters. The van der Waals surface area contributed by atoms with E-state index in [4.69, 9.17) is 4.74 Å². The zero-order valence-corrected chi connectivity index (χ0v) is 24.2. The maximum atomic E-state index is 14.2. The number of rotatable bonds is 4. The Morgan fingerprint density at radius 1 is 1.16 bits per heavy atom. The summed E-state index contributed by atoms with van der Waals surface area (Å²) in [6.45, 7) is 2.45. The predicted octanol–water partition coefficient (Wildman–Crippen LogP) is 1.34. The second-order valence-corrected chi connectivity index (χ2v) is 12.8. The van der Waals surface area contributed by atoms with Gasteiger partial charge in [0.05, 0.1) is 5.92 Å². The van der Waals surface area contributed by atoms with Gasteiger partial charge in [0.25, 0.3) is 11.8 Å². The van der Waals surface area contributed by atoms with Crippen LogP contribution in [0, 0.1) is 5.92 Å². The van der Waals surface area contributed by atoms with E-state index in [2.05, 4.69) is 33.5 Å². The van der Waals surface area contributed by atoms with E-state index in [1.165, 1.54) is 22.8 Å². The van der Waals surface area contributed by atoms with E-state index in [1.54, 1.807) is 4.90 Å².